The highest BCUT2D eigenvalue weighted by atomic mass is 16.5. The molecule has 6 nitrogen and oxygen atoms in total. The molecule has 1 N–H and O–H groups in total. The fourth-order valence-corrected chi connectivity index (χ4v) is 4.25. The molecule has 2 heterocycles. The average Bonchev–Trinajstić information content (AvgIpc) is 2.72. The van der Waals surface area contributed by atoms with Crippen LogP contribution < -0.4 is 14.5 Å². The van der Waals surface area contributed by atoms with Crippen LogP contribution in [0.25, 0.3) is 0 Å². The second-order valence-electron chi connectivity index (χ2n) is 6.98. The molecule has 1 fully saturated rings. The summed E-state index contributed by atoms with van der Waals surface area (Å²) >= 11 is 0. The van der Waals surface area contributed by atoms with Crippen molar-refractivity contribution in [3.8, 4) is 11.8 Å². The third kappa shape index (κ3) is 2.95. The first-order valence-electron chi connectivity index (χ1n) is 9.03. The van der Waals surface area contributed by atoms with E-state index >= 15 is 0 Å². The highest BCUT2D eigenvalue weighted by Crippen LogP contribution is 2.39. The zero-order valence-corrected chi connectivity index (χ0v) is 15.1. The number of benzene rings is 2. The van der Waals surface area contributed by atoms with E-state index in [0.29, 0.717) is 25.1 Å². The normalized spacial score (nSPS) is 21.0. The second kappa shape index (κ2) is 6.84. The Balaban J connectivity index is 1.70. The quantitative estimate of drug-likeness (QED) is 0.903. The SMILES string of the molecule is COc1ccc2c(c1)N1CCN(c3ccccc3C#N)CC1C(C(=O)O)C2. The van der Waals surface area contributed by atoms with Gasteiger partial charge in [-0.3, -0.25) is 4.79 Å². The van der Waals surface area contributed by atoms with Gasteiger partial charge in [0, 0.05) is 31.4 Å². The van der Waals surface area contributed by atoms with Crippen LogP contribution in [0.1, 0.15) is 11.1 Å². The Morgan fingerprint density at radius 1 is 1.22 bits per heavy atom. The number of methoxy groups -OCH3 is 1. The van der Waals surface area contributed by atoms with E-state index in [1.165, 1.54) is 0 Å². The number of aliphatic carboxylic acids is 1. The largest absolute Gasteiger partial charge is 0.497 e. The molecule has 0 bridgehead atoms. The Hall–Kier alpha value is -3.20. The van der Waals surface area contributed by atoms with Crippen LogP contribution in [0.15, 0.2) is 42.5 Å². The Kier molecular flexibility index (Phi) is 4.36. The lowest BCUT2D eigenvalue weighted by Crippen LogP contribution is -2.60. The van der Waals surface area contributed by atoms with E-state index in [4.69, 9.17) is 4.74 Å². The molecule has 2 aliphatic rings. The summed E-state index contributed by atoms with van der Waals surface area (Å²) in [7, 11) is 1.64. The van der Waals surface area contributed by atoms with E-state index in [1.807, 2.05) is 36.4 Å². The lowest BCUT2D eigenvalue weighted by Gasteiger charge is -2.49. The molecule has 0 aromatic heterocycles. The van der Waals surface area contributed by atoms with E-state index in [-0.39, 0.29) is 6.04 Å². The Bertz CT molecular complexity index is 921. The third-order valence-electron chi connectivity index (χ3n) is 5.61. The highest BCUT2D eigenvalue weighted by Gasteiger charge is 2.42. The first-order valence-corrected chi connectivity index (χ1v) is 9.03. The van der Waals surface area contributed by atoms with Crippen LogP contribution in [-0.2, 0) is 11.2 Å². The summed E-state index contributed by atoms with van der Waals surface area (Å²) < 4.78 is 5.37. The Labute approximate surface area is 158 Å². The van der Waals surface area contributed by atoms with Crippen LogP contribution in [0, 0.1) is 17.2 Å². The highest BCUT2D eigenvalue weighted by molar-refractivity contribution is 5.76. The number of piperazine rings is 1. The minimum Gasteiger partial charge on any atom is -0.497 e. The van der Waals surface area contributed by atoms with Gasteiger partial charge < -0.3 is 19.6 Å². The summed E-state index contributed by atoms with van der Waals surface area (Å²) in [5.41, 5.74) is 3.60. The molecule has 0 spiro atoms. The second-order valence-corrected chi connectivity index (χ2v) is 6.98. The Morgan fingerprint density at radius 3 is 2.78 bits per heavy atom. The number of nitrogens with zero attached hydrogens (tertiary/aromatic N) is 3. The van der Waals surface area contributed by atoms with Crippen molar-refractivity contribution in [3.05, 3.63) is 53.6 Å². The predicted octanol–water partition coefficient (Wildman–Crippen LogP) is 2.52. The van der Waals surface area contributed by atoms with Crippen molar-refractivity contribution in [3.63, 3.8) is 0 Å². The maximum atomic E-state index is 12.0. The number of para-hydroxylation sites is 1. The molecule has 0 amide bonds. The van der Waals surface area contributed by atoms with Crippen LogP contribution >= 0.6 is 0 Å². The monoisotopic (exact) mass is 363 g/mol. The first-order chi connectivity index (χ1) is 13.1. The number of ether oxygens (including phenoxy) is 1. The topological polar surface area (TPSA) is 76.8 Å². The molecule has 2 aliphatic heterocycles. The summed E-state index contributed by atoms with van der Waals surface area (Å²) in [6.45, 7) is 2.01. The standard InChI is InChI=1S/C21H21N3O3/c1-27-16-7-6-14-10-17(21(25)26)20-13-23(8-9-24(20)19(14)11-16)18-5-3-2-4-15(18)12-22/h2-7,11,17,20H,8-10,13H2,1H3,(H,25,26). The van der Waals surface area contributed by atoms with Gasteiger partial charge in [0.25, 0.3) is 0 Å². The first kappa shape index (κ1) is 17.2. The molecule has 0 aliphatic carbocycles. The van der Waals surface area contributed by atoms with Crippen molar-refractivity contribution in [1.29, 1.82) is 5.26 Å². The van der Waals surface area contributed by atoms with Gasteiger partial charge in [0.15, 0.2) is 0 Å². The van der Waals surface area contributed by atoms with Gasteiger partial charge in [-0.05, 0) is 30.2 Å². The van der Waals surface area contributed by atoms with E-state index in [0.717, 1.165) is 29.2 Å². The van der Waals surface area contributed by atoms with Crippen molar-refractivity contribution >= 4 is 17.3 Å². The zero-order chi connectivity index (χ0) is 19.0. The fraction of sp³-hybridized carbons (Fsp3) is 0.333. The molecular formula is C21H21N3O3. The fourth-order valence-electron chi connectivity index (χ4n) is 4.25. The molecule has 2 unspecified atom stereocenters. The molecule has 138 valence electrons. The van der Waals surface area contributed by atoms with Gasteiger partial charge in [0.2, 0.25) is 0 Å². The number of hydrogen-bond donors (Lipinski definition) is 1. The number of nitriles is 1. The maximum absolute atomic E-state index is 12.0. The molecule has 2 aromatic carbocycles. The molecular weight excluding hydrogens is 342 g/mol. The van der Waals surface area contributed by atoms with Crippen LogP contribution in [-0.4, -0.2) is 43.9 Å². The number of carboxylic acids is 1. The van der Waals surface area contributed by atoms with E-state index < -0.39 is 11.9 Å². The number of carboxylic acid groups (broad SMARTS) is 1. The smallest absolute Gasteiger partial charge is 0.309 e. The predicted molar refractivity (Wildman–Crippen MR) is 102 cm³/mol. The Morgan fingerprint density at radius 2 is 2.04 bits per heavy atom. The summed E-state index contributed by atoms with van der Waals surface area (Å²) in [5.74, 6) is -0.483. The number of carbonyl (C=O) groups is 1. The molecule has 2 aromatic rings. The molecule has 1 saturated heterocycles. The maximum Gasteiger partial charge on any atom is 0.309 e. The van der Waals surface area contributed by atoms with Crippen molar-refractivity contribution in [2.75, 3.05) is 36.5 Å². The lowest BCUT2D eigenvalue weighted by atomic mass is 9.84. The van der Waals surface area contributed by atoms with Crippen LogP contribution in [0.5, 0.6) is 5.75 Å². The van der Waals surface area contributed by atoms with Gasteiger partial charge in [-0.1, -0.05) is 18.2 Å². The van der Waals surface area contributed by atoms with Gasteiger partial charge in [0.1, 0.15) is 11.8 Å². The molecule has 2 atom stereocenters. The lowest BCUT2D eigenvalue weighted by molar-refractivity contribution is -0.142. The van der Waals surface area contributed by atoms with Gasteiger partial charge >= 0.3 is 5.97 Å². The number of anilines is 2. The van der Waals surface area contributed by atoms with Gasteiger partial charge in [-0.25, -0.2) is 0 Å². The molecule has 27 heavy (non-hydrogen) atoms. The van der Waals surface area contributed by atoms with Crippen LogP contribution in [0.4, 0.5) is 11.4 Å². The molecule has 4 rings (SSSR count). The van der Waals surface area contributed by atoms with Crippen LogP contribution in [0.2, 0.25) is 0 Å². The minimum absolute atomic E-state index is 0.150. The summed E-state index contributed by atoms with van der Waals surface area (Å²) in [6, 6.07) is 15.4. The molecule has 6 heteroatoms. The zero-order valence-electron chi connectivity index (χ0n) is 15.1. The number of fused-ring (bicyclic) bond motifs is 3. The van der Waals surface area contributed by atoms with Crippen molar-refractivity contribution in [2.45, 2.75) is 12.5 Å². The van der Waals surface area contributed by atoms with E-state index in [9.17, 15) is 15.2 Å². The van der Waals surface area contributed by atoms with Gasteiger partial charge in [0.05, 0.1) is 30.3 Å². The third-order valence-corrected chi connectivity index (χ3v) is 5.61. The minimum atomic E-state index is -0.776. The van der Waals surface area contributed by atoms with E-state index in [2.05, 4.69) is 15.9 Å². The summed E-state index contributed by atoms with van der Waals surface area (Å²) in [6.07, 6.45) is 0.504. The number of hydrogen-bond acceptors (Lipinski definition) is 5. The summed E-state index contributed by atoms with van der Waals surface area (Å²) in [4.78, 5) is 16.3. The average molecular weight is 363 g/mol. The van der Waals surface area contributed by atoms with E-state index in [1.54, 1.807) is 13.2 Å². The van der Waals surface area contributed by atoms with Crippen molar-refractivity contribution < 1.29 is 14.6 Å². The van der Waals surface area contributed by atoms with Gasteiger partial charge in [-0.15, -0.1) is 0 Å². The van der Waals surface area contributed by atoms with Crippen molar-refractivity contribution in [1.82, 2.24) is 0 Å². The number of rotatable bonds is 3. The van der Waals surface area contributed by atoms with Crippen molar-refractivity contribution in [2.24, 2.45) is 5.92 Å². The van der Waals surface area contributed by atoms with Gasteiger partial charge in [-0.2, -0.15) is 5.26 Å². The van der Waals surface area contributed by atoms with Crippen LogP contribution in [0.3, 0.4) is 0 Å². The summed E-state index contributed by atoms with van der Waals surface area (Å²) in [5, 5.41) is 19.3. The molecule has 0 radical (unpaired) electrons. The molecule has 0 saturated carbocycles.